The summed E-state index contributed by atoms with van der Waals surface area (Å²) < 4.78 is 0. The molecule has 2 saturated carbocycles. The van der Waals surface area contributed by atoms with E-state index in [0.717, 1.165) is 31.2 Å². The van der Waals surface area contributed by atoms with Crippen LogP contribution in [0.2, 0.25) is 0 Å². The Morgan fingerprint density at radius 2 is 1.88 bits per heavy atom. The van der Waals surface area contributed by atoms with Crippen molar-refractivity contribution >= 4 is 5.78 Å². The van der Waals surface area contributed by atoms with Gasteiger partial charge in [0.05, 0.1) is 6.10 Å². The van der Waals surface area contributed by atoms with E-state index >= 15 is 0 Å². The summed E-state index contributed by atoms with van der Waals surface area (Å²) in [5.41, 5.74) is 0.803. The van der Waals surface area contributed by atoms with Gasteiger partial charge in [-0.25, -0.2) is 0 Å². The van der Waals surface area contributed by atoms with Crippen LogP contribution in [0.1, 0.15) is 36.0 Å². The second-order valence-electron chi connectivity index (χ2n) is 5.48. The molecular formula is C15H18O2. The number of ketones is 1. The van der Waals surface area contributed by atoms with Gasteiger partial charge in [0.1, 0.15) is 0 Å². The lowest BCUT2D eigenvalue weighted by molar-refractivity contribution is 0.0530. The molecule has 2 aliphatic rings. The summed E-state index contributed by atoms with van der Waals surface area (Å²) in [6, 6.07) is 9.52. The van der Waals surface area contributed by atoms with Crippen LogP contribution in [0.15, 0.2) is 30.3 Å². The number of Topliss-reactive ketones (excluding diaryl/α,β-unsaturated/α-hetero) is 1. The summed E-state index contributed by atoms with van der Waals surface area (Å²) in [6.07, 6.45) is 3.75. The van der Waals surface area contributed by atoms with Crippen LogP contribution in [0, 0.1) is 17.8 Å². The minimum absolute atomic E-state index is 0.0555. The van der Waals surface area contributed by atoms with Crippen molar-refractivity contribution in [2.45, 2.75) is 31.8 Å². The Bertz CT molecular complexity index is 412. The van der Waals surface area contributed by atoms with Gasteiger partial charge in [0.25, 0.3) is 0 Å². The number of carbonyl (C=O) groups excluding carboxylic acids is 1. The number of hydrogen-bond donors (Lipinski definition) is 1. The third kappa shape index (κ3) is 1.91. The first-order valence-electron chi connectivity index (χ1n) is 6.53. The Balaban J connectivity index is 1.83. The molecule has 4 atom stereocenters. The third-order valence-corrected chi connectivity index (χ3v) is 4.47. The van der Waals surface area contributed by atoms with Crippen LogP contribution in [-0.4, -0.2) is 17.0 Å². The lowest BCUT2D eigenvalue weighted by Crippen LogP contribution is -2.29. The van der Waals surface area contributed by atoms with Gasteiger partial charge in [0.2, 0.25) is 0 Å². The lowest BCUT2D eigenvalue weighted by atomic mass is 9.82. The van der Waals surface area contributed by atoms with Gasteiger partial charge < -0.3 is 5.11 Å². The van der Waals surface area contributed by atoms with E-state index in [1.165, 1.54) is 0 Å². The maximum atomic E-state index is 12.4. The molecular weight excluding hydrogens is 212 g/mol. The molecule has 0 saturated heterocycles. The maximum Gasteiger partial charge on any atom is 0.166 e. The third-order valence-electron chi connectivity index (χ3n) is 4.47. The molecule has 1 aromatic carbocycles. The zero-order valence-corrected chi connectivity index (χ0v) is 9.88. The molecule has 0 aromatic heterocycles. The molecule has 90 valence electrons. The number of aliphatic hydroxyl groups is 1. The van der Waals surface area contributed by atoms with Crippen LogP contribution in [0.3, 0.4) is 0 Å². The van der Waals surface area contributed by atoms with E-state index in [4.69, 9.17) is 0 Å². The SMILES string of the molecule is O=C(c1ccccc1)[C@@H]1C[C@H]2CC[C@H](O)[C@@H]1C2. The molecule has 2 fully saturated rings. The van der Waals surface area contributed by atoms with Crippen LogP contribution in [-0.2, 0) is 0 Å². The highest BCUT2D eigenvalue weighted by Gasteiger charge is 2.45. The topological polar surface area (TPSA) is 37.3 Å². The highest BCUT2D eigenvalue weighted by molar-refractivity contribution is 5.98. The first kappa shape index (κ1) is 11.0. The van der Waals surface area contributed by atoms with Crippen molar-refractivity contribution in [3.63, 3.8) is 0 Å². The quantitative estimate of drug-likeness (QED) is 0.793. The largest absolute Gasteiger partial charge is 0.393 e. The second-order valence-corrected chi connectivity index (χ2v) is 5.48. The van der Waals surface area contributed by atoms with Gasteiger partial charge in [0.15, 0.2) is 5.78 Å². The molecule has 1 N–H and O–H groups in total. The van der Waals surface area contributed by atoms with Gasteiger partial charge in [-0.2, -0.15) is 0 Å². The minimum atomic E-state index is -0.258. The molecule has 0 unspecified atom stereocenters. The fraction of sp³-hybridized carbons (Fsp3) is 0.533. The molecule has 17 heavy (non-hydrogen) atoms. The Labute approximate surface area is 102 Å². The van der Waals surface area contributed by atoms with Crippen molar-refractivity contribution in [3.05, 3.63) is 35.9 Å². The summed E-state index contributed by atoms with van der Waals surface area (Å²) in [6.45, 7) is 0. The smallest absolute Gasteiger partial charge is 0.166 e. The van der Waals surface area contributed by atoms with Crippen LogP contribution >= 0.6 is 0 Å². The molecule has 2 bridgehead atoms. The molecule has 2 heteroatoms. The standard InChI is InChI=1S/C15H18O2/c16-14-7-6-10-8-12(14)13(9-10)15(17)11-4-2-1-3-5-11/h1-5,10,12-14,16H,6-9H2/t10-,12+,13+,14-/m0/s1. The number of rotatable bonds is 2. The van der Waals surface area contributed by atoms with E-state index in [-0.39, 0.29) is 23.7 Å². The van der Waals surface area contributed by atoms with Crippen molar-refractivity contribution in [2.24, 2.45) is 17.8 Å². The molecule has 0 spiro atoms. The zero-order chi connectivity index (χ0) is 11.8. The summed E-state index contributed by atoms with van der Waals surface area (Å²) in [7, 11) is 0. The molecule has 2 nitrogen and oxygen atoms in total. The number of hydrogen-bond acceptors (Lipinski definition) is 2. The van der Waals surface area contributed by atoms with Crippen molar-refractivity contribution in [2.75, 3.05) is 0 Å². The normalized spacial score (nSPS) is 35.8. The predicted molar refractivity (Wildman–Crippen MR) is 65.7 cm³/mol. The molecule has 2 aliphatic carbocycles. The van der Waals surface area contributed by atoms with Crippen molar-refractivity contribution in [3.8, 4) is 0 Å². The van der Waals surface area contributed by atoms with Crippen LogP contribution < -0.4 is 0 Å². The Morgan fingerprint density at radius 1 is 1.12 bits per heavy atom. The zero-order valence-electron chi connectivity index (χ0n) is 9.88. The van der Waals surface area contributed by atoms with E-state index in [1.807, 2.05) is 30.3 Å². The Morgan fingerprint density at radius 3 is 2.65 bits per heavy atom. The van der Waals surface area contributed by atoms with Gasteiger partial charge in [-0.1, -0.05) is 30.3 Å². The molecule has 0 aliphatic heterocycles. The molecule has 3 rings (SSSR count). The first-order valence-corrected chi connectivity index (χ1v) is 6.53. The number of benzene rings is 1. The minimum Gasteiger partial charge on any atom is -0.393 e. The first-order chi connectivity index (χ1) is 8.25. The van der Waals surface area contributed by atoms with E-state index in [9.17, 15) is 9.90 Å². The van der Waals surface area contributed by atoms with Gasteiger partial charge in [-0.15, -0.1) is 0 Å². The van der Waals surface area contributed by atoms with Crippen molar-refractivity contribution < 1.29 is 9.90 Å². The van der Waals surface area contributed by atoms with E-state index < -0.39 is 0 Å². The number of aliphatic hydroxyl groups excluding tert-OH is 1. The summed E-state index contributed by atoms with van der Waals surface area (Å²) in [4.78, 5) is 12.4. The maximum absolute atomic E-state index is 12.4. The van der Waals surface area contributed by atoms with Crippen LogP contribution in [0.4, 0.5) is 0 Å². The van der Waals surface area contributed by atoms with Gasteiger partial charge >= 0.3 is 0 Å². The fourth-order valence-electron chi connectivity index (χ4n) is 3.58. The lowest BCUT2D eigenvalue weighted by Gasteiger charge is -2.26. The molecule has 0 radical (unpaired) electrons. The predicted octanol–water partition coefficient (Wildman–Crippen LogP) is 2.67. The average Bonchev–Trinajstić information content (AvgIpc) is 2.74. The van der Waals surface area contributed by atoms with E-state index in [0.29, 0.717) is 5.92 Å². The highest BCUT2D eigenvalue weighted by Crippen LogP contribution is 2.47. The average molecular weight is 230 g/mol. The van der Waals surface area contributed by atoms with Gasteiger partial charge in [-0.05, 0) is 37.5 Å². The molecule has 0 heterocycles. The van der Waals surface area contributed by atoms with Crippen LogP contribution in [0.5, 0.6) is 0 Å². The van der Waals surface area contributed by atoms with E-state index in [1.54, 1.807) is 0 Å². The summed E-state index contributed by atoms with van der Waals surface area (Å²) in [5, 5.41) is 10.0. The Kier molecular flexibility index (Phi) is 2.75. The Hall–Kier alpha value is -1.15. The van der Waals surface area contributed by atoms with Gasteiger partial charge in [-0.3, -0.25) is 4.79 Å². The summed E-state index contributed by atoms with van der Waals surface area (Å²) in [5.74, 6) is 1.17. The number of carbonyl (C=O) groups is 1. The van der Waals surface area contributed by atoms with Crippen LogP contribution in [0.25, 0.3) is 0 Å². The number of fused-ring (bicyclic) bond motifs is 2. The van der Waals surface area contributed by atoms with E-state index in [2.05, 4.69) is 0 Å². The van der Waals surface area contributed by atoms with Crippen molar-refractivity contribution in [1.82, 2.24) is 0 Å². The summed E-state index contributed by atoms with van der Waals surface area (Å²) >= 11 is 0. The fourth-order valence-corrected chi connectivity index (χ4v) is 3.58. The van der Waals surface area contributed by atoms with Gasteiger partial charge in [0, 0.05) is 11.5 Å². The monoisotopic (exact) mass is 230 g/mol. The molecule has 0 amide bonds. The molecule has 1 aromatic rings. The van der Waals surface area contributed by atoms with Crippen molar-refractivity contribution in [1.29, 1.82) is 0 Å². The highest BCUT2D eigenvalue weighted by atomic mass is 16.3. The second kappa shape index (κ2) is 4.26.